The molecule has 5 nitrogen and oxygen atoms in total. The van der Waals surface area contributed by atoms with Crippen LogP contribution < -0.4 is 0 Å². The summed E-state index contributed by atoms with van der Waals surface area (Å²) in [6.45, 7) is 4.28. The minimum absolute atomic E-state index is 0.290. The van der Waals surface area contributed by atoms with Crippen molar-refractivity contribution in [3.05, 3.63) is 23.9 Å². The van der Waals surface area contributed by atoms with Crippen molar-refractivity contribution >= 4 is 5.97 Å². The molecule has 1 N–H and O–H groups in total. The minimum atomic E-state index is -0.968. The quantitative estimate of drug-likeness (QED) is 0.548. The van der Waals surface area contributed by atoms with Crippen LogP contribution in [-0.4, -0.2) is 21.2 Å². The summed E-state index contributed by atoms with van der Waals surface area (Å²) in [4.78, 5) is 14.6. The molecule has 1 atom stereocenters. The number of aromatic nitrogens is 2. The number of carboxylic acid groups (broad SMARTS) is 1. The monoisotopic (exact) mass is 266 g/mol. The van der Waals surface area contributed by atoms with E-state index in [-0.39, 0.29) is 5.92 Å². The van der Waals surface area contributed by atoms with Gasteiger partial charge in [0.1, 0.15) is 0 Å². The number of nitrogens with zero attached hydrogens (tertiary/aromatic N) is 2. The molecular formula is C14H22N2O3. The van der Waals surface area contributed by atoms with Crippen molar-refractivity contribution in [2.45, 2.75) is 58.3 Å². The zero-order valence-corrected chi connectivity index (χ0v) is 11.6. The molecule has 0 saturated heterocycles. The summed E-state index contributed by atoms with van der Waals surface area (Å²) in [6, 6.07) is 0. The number of allylic oxidation sites excluding steroid dienone is 1. The second kappa shape index (κ2) is 8.45. The first-order chi connectivity index (χ1) is 9.13. The minimum Gasteiger partial charge on any atom is -0.478 e. The van der Waals surface area contributed by atoms with Crippen LogP contribution in [-0.2, 0) is 11.2 Å². The van der Waals surface area contributed by atoms with Crippen molar-refractivity contribution in [3.63, 3.8) is 0 Å². The van der Waals surface area contributed by atoms with Gasteiger partial charge in [-0.25, -0.2) is 4.79 Å². The number of hydrogen-bond donors (Lipinski definition) is 1. The molecule has 0 saturated carbocycles. The van der Waals surface area contributed by atoms with Gasteiger partial charge in [0.05, 0.1) is 0 Å². The molecule has 0 bridgehead atoms. The molecule has 0 fully saturated rings. The van der Waals surface area contributed by atoms with Crippen molar-refractivity contribution in [1.29, 1.82) is 0 Å². The van der Waals surface area contributed by atoms with Gasteiger partial charge >= 0.3 is 5.97 Å². The lowest BCUT2D eigenvalue weighted by Gasteiger charge is -2.05. The SMILES string of the molecule is CCCCCCC(C)c1noc(C/C=C/C(=O)O)n1. The van der Waals surface area contributed by atoms with E-state index >= 15 is 0 Å². The standard InChI is InChI=1S/C14H22N2O3/c1-3-4-5-6-8-11(2)14-15-12(19-16-14)9-7-10-13(17)18/h7,10-11H,3-6,8-9H2,1-2H3,(H,17,18)/b10-7+. The predicted molar refractivity (Wildman–Crippen MR) is 72.0 cm³/mol. The van der Waals surface area contributed by atoms with Crippen LogP contribution in [0.15, 0.2) is 16.7 Å². The topological polar surface area (TPSA) is 76.2 Å². The molecule has 1 unspecified atom stereocenters. The fourth-order valence-electron chi connectivity index (χ4n) is 1.82. The molecule has 0 aliphatic rings. The maximum atomic E-state index is 10.3. The molecule has 5 heteroatoms. The van der Waals surface area contributed by atoms with Crippen LogP contribution in [0.3, 0.4) is 0 Å². The number of unbranched alkanes of at least 4 members (excludes halogenated alkanes) is 3. The summed E-state index contributed by atoms with van der Waals surface area (Å²) in [7, 11) is 0. The summed E-state index contributed by atoms with van der Waals surface area (Å²) in [5.74, 6) is 0.505. The Morgan fingerprint density at radius 3 is 2.89 bits per heavy atom. The predicted octanol–water partition coefficient (Wildman–Crippen LogP) is 3.33. The first-order valence-electron chi connectivity index (χ1n) is 6.85. The summed E-state index contributed by atoms with van der Waals surface area (Å²) >= 11 is 0. The summed E-state index contributed by atoms with van der Waals surface area (Å²) in [6.07, 6.45) is 8.93. The fraction of sp³-hybridized carbons (Fsp3) is 0.643. The molecule has 106 valence electrons. The molecule has 1 aromatic heterocycles. The largest absolute Gasteiger partial charge is 0.478 e. The molecule has 0 radical (unpaired) electrons. The fourth-order valence-corrected chi connectivity index (χ4v) is 1.82. The van der Waals surface area contributed by atoms with E-state index in [1.165, 1.54) is 31.8 Å². The first kappa shape index (κ1) is 15.4. The molecule has 0 amide bonds. The van der Waals surface area contributed by atoms with Gasteiger partial charge in [0.25, 0.3) is 0 Å². The highest BCUT2D eigenvalue weighted by atomic mass is 16.5. The van der Waals surface area contributed by atoms with E-state index in [2.05, 4.69) is 24.0 Å². The van der Waals surface area contributed by atoms with Crippen LogP contribution in [0.25, 0.3) is 0 Å². The third-order valence-corrected chi connectivity index (χ3v) is 2.97. The van der Waals surface area contributed by atoms with Crippen LogP contribution in [0, 0.1) is 0 Å². The van der Waals surface area contributed by atoms with E-state index in [4.69, 9.17) is 9.63 Å². The highest BCUT2D eigenvalue weighted by Crippen LogP contribution is 2.19. The number of carbonyl (C=O) groups is 1. The average Bonchev–Trinajstić information content (AvgIpc) is 2.83. The Morgan fingerprint density at radius 1 is 1.42 bits per heavy atom. The smallest absolute Gasteiger partial charge is 0.327 e. The van der Waals surface area contributed by atoms with Crippen molar-refractivity contribution in [2.24, 2.45) is 0 Å². The van der Waals surface area contributed by atoms with Crippen LogP contribution in [0.1, 0.15) is 63.6 Å². The van der Waals surface area contributed by atoms with Gasteiger partial charge in [-0.15, -0.1) is 0 Å². The van der Waals surface area contributed by atoms with Gasteiger partial charge in [0.2, 0.25) is 5.89 Å². The lowest BCUT2D eigenvalue weighted by atomic mass is 10.0. The molecule has 19 heavy (non-hydrogen) atoms. The van der Waals surface area contributed by atoms with Crippen LogP contribution in [0.5, 0.6) is 0 Å². The zero-order chi connectivity index (χ0) is 14.1. The van der Waals surface area contributed by atoms with Gasteiger partial charge in [-0.1, -0.05) is 50.8 Å². The maximum absolute atomic E-state index is 10.3. The van der Waals surface area contributed by atoms with Gasteiger partial charge in [0.15, 0.2) is 5.82 Å². The van der Waals surface area contributed by atoms with E-state index in [9.17, 15) is 4.79 Å². The third-order valence-electron chi connectivity index (χ3n) is 2.97. The maximum Gasteiger partial charge on any atom is 0.327 e. The molecule has 1 aromatic rings. The Hall–Kier alpha value is -1.65. The van der Waals surface area contributed by atoms with Gasteiger partial charge in [-0.05, 0) is 6.42 Å². The highest BCUT2D eigenvalue weighted by Gasteiger charge is 2.12. The number of rotatable bonds is 9. The molecule has 0 aliphatic heterocycles. The van der Waals surface area contributed by atoms with Crippen molar-refractivity contribution in [1.82, 2.24) is 10.1 Å². The Morgan fingerprint density at radius 2 is 2.21 bits per heavy atom. The van der Waals surface area contributed by atoms with E-state index in [0.717, 1.165) is 18.3 Å². The molecule has 0 spiro atoms. The van der Waals surface area contributed by atoms with Crippen molar-refractivity contribution < 1.29 is 14.4 Å². The van der Waals surface area contributed by atoms with E-state index in [1.807, 2.05) is 0 Å². The Bertz CT molecular complexity index is 413. The summed E-state index contributed by atoms with van der Waals surface area (Å²) in [5, 5.41) is 12.4. The van der Waals surface area contributed by atoms with Crippen LogP contribution >= 0.6 is 0 Å². The Labute approximate surface area is 113 Å². The van der Waals surface area contributed by atoms with E-state index in [0.29, 0.717) is 12.3 Å². The van der Waals surface area contributed by atoms with Gasteiger partial charge in [-0.3, -0.25) is 0 Å². The summed E-state index contributed by atoms with van der Waals surface area (Å²) in [5.41, 5.74) is 0. The van der Waals surface area contributed by atoms with E-state index in [1.54, 1.807) is 0 Å². The lowest BCUT2D eigenvalue weighted by Crippen LogP contribution is -1.97. The van der Waals surface area contributed by atoms with Crippen LogP contribution in [0.4, 0.5) is 0 Å². The van der Waals surface area contributed by atoms with Crippen molar-refractivity contribution in [3.8, 4) is 0 Å². The zero-order valence-electron chi connectivity index (χ0n) is 11.6. The highest BCUT2D eigenvalue weighted by molar-refractivity contribution is 5.79. The van der Waals surface area contributed by atoms with Gasteiger partial charge in [0, 0.05) is 18.4 Å². The van der Waals surface area contributed by atoms with Crippen molar-refractivity contribution in [2.75, 3.05) is 0 Å². The number of carboxylic acids is 1. The lowest BCUT2D eigenvalue weighted by molar-refractivity contribution is -0.131. The Balaban J connectivity index is 2.38. The van der Waals surface area contributed by atoms with Crippen LogP contribution in [0.2, 0.25) is 0 Å². The van der Waals surface area contributed by atoms with E-state index < -0.39 is 5.97 Å². The molecule has 0 aliphatic carbocycles. The Kier molecular flexibility index (Phi) is 6.85. The average molecular weight is 266 g/mol. The molecule has 0 aromatic carbocycles. The normalized spacial score (nSPS) is 12.9. The number of aliphatic carboxylic acids is 1. The first-order valence-corrected chi connectivity index (χ1v) is 6.85. The summed E-state index contributed by atoms with van der Waals surface area (Å²) < 4.78 is 5.09. The number of hydrogen-bond acceptors (Lipinski definition) is 4. The second-order valence-electron chi connectivity index (χ2n) is 4.74. The second-order valence-corrected chi connectivity index (χ2v) is 4.74. The molecule has 1 rings (SSSR count). The third kappa shape index (κ3) is 6.18. The van der Waals surface area contributed by atoms with Gasteiger partial charge in [-0.2, -0.15) is 4.98 Å². The molecule has 1 heterocycles. The molecular weight excluding hydrogens is 244 g/mol. The van der Waals surface area contributed by atoms with Gasteiger partial charge < -0.3 is 9.63 Å².